The Balaban J connectivity index is 2.11. The fourth-order valence-corrected chi connectivity index (χ4v) is 3.17. The summed E-state index contributed by atoms with van der Waals surface area (Å²) in [7, 11) is 0. The number of aliphatic hydroxyl groups excluding tert-OH is 7. The number of hydrogen-bond acceptors (Lipinski definition) is 11. The maximum absolute atomic E-state index is 10.4. The van der Waals surface area contributed by atoms with Crippen molar-refractivity contribution in [3.8, 4) is 0 Å². The van der Waals surface area contributed by atoms with Gasteiger partial charge in [-0.1, -0.05) is 25.5 Å². The molecular weight excluding hydrogens is 392 g/mol. The second-order valence-corrected chi connectivity index (χ2v) is 7.10. The molecule has 170 valence electrons. The monoisotopic (exact) mass is 424 g/mol. The fourth-order valence-electron chi connectivity index (χ4n) is 3.17. The van der Waals surface area contributed by atoms with Crippen LogP contribution < -0.4 is 0 Å². The highest BCUT2D eigenvalue weighted by Gasteiger charge is 2.50. The first kappa shape index (κ1) is 24.6. The average molecular weight is 424 g/mol. The summed E-state index contributed by atoms with van der Waals surface area (Å²) in [6, 6.07) is 0. The smallest absolute Gasteiger partial charge is 0.187 e. The summed E-state index contributed by atoms with van der Waals surface area (Å²) in [5.74, 6) is 0. The van der Waals surface area contributed by atoms with E-state index in [4.69, 9.17) is 18.9 Å². The van der Waals surface area contributed by atoms with Crippen LogP contribution in [0.15, 0.2) is 12.2 Å². The van der Waals surface area contributed by atoms with Gasteiger partial charge in [0.1, 0.15) is 48.8 Å². The molecular formula is C18H32O11. The summed E-state index contributed by atoms with van der Waals surface area (Å²) < 4.78 is 21.8. The zero-order chi connectivity index (χ0) is 21.6. The molecule has 0 amide bonds. The molecule has 0 spiro atoms. The number of ether oxygens (including phenoxy) is 4. The molecule has 2 saturated heterocycles. The lowest BCUT2D eigenvalue weighted by Gasteiger charge is -2.45. The Morgan fingerprint density at radius 1 is 0.759 bits per heavy atom. The molecule has 10 atom stereocenters. The molecule has 2 rings (SSSR count). The molecule has 2 aliphatic heterocycles. The molecule has 0 aromatic rings. The maximum Gasteiger partial charge on any atom is 0.187 e. The predicted octanol–water partition coefficient (Wildman–Crippen LogP) is -3.02. The number of hydrogen-bond donors (Lipinski definition) is 7. The van der Waals surface area contributed by atoms with Crippen LogP contribution in [0, 0.1) is 0 Å². The molecule has 11 nitrogen and oxygen atoms in total. The number of rotatable bonds is 9. The van der Waals surface area contributed by atoms with Gasteiger partial charge in [0, 0.05) is 0 Å². The van der Waals surface area contributed by atoms with Gasteiger partial charge < -0.3 is 54.7 Å². The normalized spacial score (nSPS) is 43.7. The lowest BCUT2D eigenvalue weighted by Crippen LogP contribution is -2.64. The van der Waals surface area contributed by atoms with Gasteiger partial charge in [0.15, 0.2) is 12.6 Å². The summed E-state index contributed by atoms with van der Waals surface area (Å²) in [5.41, 5.74) is 0. The summed E-state index contributed by atoms with van der Waals surface area (Å²) in [4.78, 5) is 0. The SMILES string of the molecule is CCC/C=C/CO[C@@H]1O[C@H](CO)[C@H](O)[C@@H](O)[C@H]1O[C@@H]1O[C@H](CO)[C@H](O)[C@@H](O)[C@H]1O. The molecule has 2 aliphatic rings. The van der Waals surface area contributed by atoms with E-state index < -0.39 is 74.6 Å². The van der Waals surface area contributed by atoms with Gasteiger partial charge in [0.05, 0.1) is 19.8 Å². The van der Waals surface area contributed by atoms with Crippen LogP contribution >= 0.6 is 0 Å². The Bertz CT molecular complexity index is 502. The minimum absolute atomic E-state index is 0.0974. The van der Waals surface area contributed by atoms with E-state index >= 15 is 0 Å². The van der Waals surface area contributed by atoms with E-state index in [0.29, 0.717) is 0 Å². The fraction of sp³-hybridized carbons (Fsp3) is 0.889. The zero-order valence-corrected chi connectivity index (χ0v) is 16.2. The number of aliphatic hydroxyl groups is 7. The van der Waals surface area contributed by atoms with Gasteiger partial charge in [0.25, 0.3) is 0 Å². The Kier molecular flexibility index (Phi) is 9.85. The number of unbranched alkanes of at least 4 members (excludes halogenated alkanes) is 1. The first-order chi connectivity index (χ1) is 13.8. The van der Waals surface area contributed by atoms with E-state index in [1.807, 2.05) is 13.0 Å². The summed E-state index contributed by atoms with van der Waals surface area (Å²) in [6.07, 6.45) is -9.03. The van der Waals surface area contributed by atoms with Gasteiger partial charge in [-0.25, -0.2) is 0 Å². The molecule has 0 aromatic heterocycles. The van der Waals surface area contributed by atoms with Crippen molar-refractivity contribution in [2.24, 2.45) is 0 Å². The van der Waals surface area contributed by atoms with Crippen LogP contribution in [0.1, 0.15) is 19.8 Å². The second kappa shape index (κ2) is 11.6. The van der Waals surface area contributed by atoms with Crippen molar-refractivity contribution in [1.82, 2.24) is 0 Å². The zero-order valence-electron chi connectivity index (χ0n) is 16.2. The van der Waals surface area contributed by atoms with Crippen molar-refractivity contribution in [2.45, 2.75) is 81.2 Å². The van der Waals surface area contributed by atoms with Crippen molar-refractivity contribution in [3.63, 3.8) is 0 Å². The molecule has 11 heteroatoms. The molecule has 0 radical (unpaired) electrons. The Morgan fingerprint density at radius 3 is 1.93 bits per heavy atom. The quantitative estimate of drug-likeness (QED) is 0.187. The highest BCUT2D eigenvalue weighted by molar-refractivity contribution is 4.94. The van der Waals surface area contributed by atoms with Crippen molar-refractivity contribution >= 4 is 0 Å². The van der Waals surface area contributed by atoms with Gasteiger partial charge in [-0.3, -0.25) is 0 Å². The average Bonchev–Trinajstić information content (AvgIpc) is 2.72. The largest absolute Gasteiger partial charge is 0.394 e. The van der Waals surface area contributed by atoms with Crippen molar-refractivity contribution < 1.29 is 54.7 Å². The lowest BCUT2D eigenvalue weighted by atomic mass is 9.97. The van der Waals surface area contributed by atoms with E-state index in [1.54, 1.807) is 6.08 Å². The second-order valence-electron chi connectivity index (χ2n) is 7.10. The predicted molar refractivity (Wildman–Crippen MR) is 96.4 cm³/mol. The third-order valence-corrected chi connectivity index (χ3v) is 4.94. The standard InChI is InChI=1S/C18H32O11/c1-2-3-4-5-6-26-18-16(14(24)12(22)10(8-20)28-18)29-17-15(25)13(23)11(21)9(7-19)27-17/h4-5,9-25H,2-3,6-8H2,1H3/b5-4+/t9-,10-,11+,12+,13-,14-,15-,16-,17+,18-/m1/s1. The molecule has 0 aliphatic carbocycles. The molecule has 7 N–H and O–H groups in total. The summed E-state index contributed by atoms with van der Waals surface area (Å²) in [5, 5.41) is 69.1. The van der Waals surface area contributed by atoms with Crippen molar-refractivity contribution in [2.75, 3.05) is 19.8 Å². The molecule has 29 heavy (non-hydrogen) atoms. The van der Waals surface area contributed by atoms with Crippen LogP contribution in [0.3, 0.4) is 0 Å². The van der Waals surface area contributed by atoms with Crippen molar-refractivity contribution in [1.29, 1.82) is 0 Å². The Morgan fingerprint density at radius 2 is 1.34 bits per heavy atom. The highest BCUT2D eigenvalue weighted by atomic mass is 16.8. The van der Waals surface area contributed by atoms with Gasteiger partial charge in [-0.15, -0.1) is 0 Å². The molecule has 2 fully saturated rings. The third-order valence-electron chi connectivity index (χ3n) is 4.94. The van der Waals surface area contributed by atoms with Gasteiger partial charge >= 0.3 is 0 Å². The van der Waals surface area contributed by atoms with Crippen molar-refractivity contribution in [3.05, 3.63) is 12.2 Å². The van der Waals surface area contributed by atoms with Crippen LogP contribution in [0.2, 0.25) is 0 Å². The van der Waals surface area contributed by atoms with Gasteiger partial charge in [-0.05, 0) is 6.42 Å². The van der Waals surface area contributed by atoms with E-state index in [2.05, 4.69) is 0 Å². The van der Waals surface area contributed by atoms with Crippen LogP contribution in [0.5, 0.6) is 0 Å². The molecule has 2 heterocycles. The minimum atomic E-state index is -1.70. The van der Waals surface area contributed by atoms with Gasteiger partial charge in [-0.2, -0.15) is 0 Å². The number of allylic oxidation sites excluding steroid dienone is 1. The Labute approximate surface area is 168 Å². The molecule has 0 saturated carbocycles. The maximum atomic E-state index is 10.4. The summed E-state index contributed by atoms with van der Waals surface area (Å²) >= 11 is 0. The Hall–Kier alpha value is -0.700. The molecule has 0 unspecified atom stereocenters. The summed E-state index contributed by atoms with van der Waals surface area (Å²) in [6.45, 7) is 0.895. The van der Waals surface area contributed by atoms with Crippen LogP contribution in [-0.4, -0.2) is 117 Å². The van der Waals surface area contributed by atoms with E-state index in [-0.39, 0.29) is 6.61 Å². The first-order valence-electron chi connectivity index (χ1n) is 9.70. The highest BCUT2D eigenvalue weighted by Crippen LogP contribution is 2.29. The van der Waals surface area contributed by atoms with Crippen LogP contribution in [-0.2, 0) is 18.9 Å². The van der Waals surface area contributed by atoms with E-state index in [9.17, 15) is 35.7 Å². The third kappa shape index (κ3) is 5.93. The van der Waals surface area contributed by atoms with E-state index in [1.165, 1.54) is 0 Å². The van der Waals surface area contributed by atoms with Crippen LogP contribution in [0.4, 0.5) is 0 Å². The lowest BCUT2D eigenvalue weighted by molar-refractivity contribution is -0.366. The van der Waals surface area contributed by atoms with E-state index in [0.717, 1.165) is 12.8 Å². The van der Waals surface area contributed by atoms with Gasteiger partial charge in [0.2, 0.25) is 0 Å². The molecule has 0 aromatic carbocycles. The molecule has 0 bridgehead atoms. The first-order valence-corrected chi connectivity index (χ1v) is 9.70. The minimum Gasteiger partial charge on any atom is -0.394 e. The topological polar surface area (TPSA) is 179 Å². The van der Waals surface area contributed by atoms with Crippen LogP contribution in [0.25, 0.3) is 0 Å².